The molecule has 0 aliphatic heterocycles. The van der Waals surface area contributed by atoms with Crippen LogP contribution in [0.4, 0.5) is 6.93 Å². The summed E-state index contributed by atoms with van der Waals surface area (Å²) in [7, 11) is 2.78. The molecule has 4 heteroatoms. The molecule has 0 spiro atoms. The molecule has 0 radical (unpaired) electrons. The van der Waals surface area contributed by atoms with Crippen molar-refractivity contribution in [3.8, 4) is 0 Å². The van der Waals surface area contributed by atoms with Crippen LogP contribution < -0.4 is 0 Å². The number of hydrogen-bond acceptors (Lipinski definition) is 1. The molecule has 6 heavy (non-hydrogen) atoms. The molecule has 0 fully saturated rings. The summed E-state index contributed by atoms with van der Waals surface area (Å²) in [6, 6.07) is 0. The van der Waals surface area contributed by atoms with Gasteiger partial charge in [0.2, 0.25) is 0 Å². The second-order valence-electron chi connectivity index (χ2n) is 1.06. The van der Waals surface area contributed by atoms with Gasteiger partial charge in [-0.1, -0.05) is 0 Å². The van der Waals surface area contributed by atoms with Crippen molar-refractivity contribution >= 4 is 15.8 Å². The van der Waals surface area contributed by atoms with E-state index in [9.17, 15) is 6.93 Å². The number of halogens is 2. The third-order valence-corrected chi connectivity index (χ3v) is 1.57. The predicted molar refractivity (Wildman–Crippen MR) is 21.7 cm³/mol. The molecule has 0 saturated heterocycles. The van der Waals surface area contributed by atoms with E-state index in [0.717, 1.165) is 3.82 Å². The number of rotatable bonds is 1. The quantitative estimate of drug-likeness (QED) is 0.500. The Labute approximate surface area is 41.4 Å². The molecule has 0 atom stereocenters. The minimum absolute atomic E-state index is 0.979. The van der Waals surface area contributed by atoms with Crippen LogP contribution in [-0.2, 0) is 0 Å². The van der Waals surface area contributed by atoms with Gasteiger partial charge in [-0.25, -0.2) is 0 Å². The van der Waals surface area contributed by atoms with Crippen LogP contribution in [0.25, 0.3) is 0 Å². The molecule has 0 rings (SSSR count). The third-order valence-electron chi connectivity index (χ3n) is 0.302. The maximum atomic E-state index is 11.2. The van der Waals surface area contributed by atoms with Gasteiger partial charge in [0, 0.05) is 0 Å². The first-order chi connectivity index (χ1) is 2.64. The van der Waals surface area contributed by atoms with Crippen molar-refractivity contribution in [3.63, 3.8) is 0 Å². The van der Waals surface area contributed by atoms with Crippen LogP contribution in [0.3, 0.4) is 0 Å². The van der Waals surface area contributed by atoms with Gasteiger partial charge in [0.15, 0.2) is 0 Å². The number of nitrogens with zero attached hydrogens (tertiary/aromatic N) is 1. The average Bonchev–Trinajstić information content (AvgIpc) is 1.36. The van der Waals surface area contributed by atoms with E-state index in [2.05, 4.69) is 0 Å². The molecule has 0 aliphatic rings. The van der Waals surface area contributed by atoms with Gasteiger partial charge in [0.05, 0.1) is 0 Å². The van der Waals surface area contributed by atoms with Crippen molar-refractivity contribution in [2.75, 3.05) is 14.1 Å². The summed E-state index contributed by atoms with van der Waals surface area (Å²) >= 11 is -3.47. The van der Waals surface area contributed by atoms with Crippen molar-refractivity contribution in [2.24, 2.45) is 0 Å². The van der Waals surface area contributed by atoms with Gasteiger partial charge in [-0.2, -0.15) is 0 Å². The molecule has 0 aromatic heterocycles. The molecule has 0 unspecified atom stereocenters. The Morgan fingerprint density at radius 1 is 1.33 bits per heavy atom. The first kappa shape index (κ1) is 6.38. The molecule has 0 N–H and O–H groups in total. The van der Waals surface area contributed by atoms with Crippen LogP contribution >= 0.6 is 0 Å². The summed E-state index contributed by atoms with van der Waals surface area (Å²) in [6.07, 6.45) is 0. The molecule has 0 bridgehead atoms. The van der Waals surface area contributed by atoms with E-state index in [1.165, 1.54) is 14.1 Å². The maximum absolute atomic E-state index is 11.2. The Bertz CT molecular complexity index is 32.5. The fraction of sp³-hybridized carbons (Fsp3) is 1.00. The zero-order chi connectivity index (χ0) is 5.15. The standard InChI is InChI=1S/C2H6AsF2N/c1-6(2)3(4)5/h1-2H3. The van der Waals surface area contributed by atoms with E-state index in [1.54, 1.807) is 0 Å². The van der Waals surface area contributed by atoms with Crippen molar-refractivity contribution in [1.29, 1.82) is 0 Å². The second-order valence-corrected chi connectivity index (χ2v) is 3.64. The van der Waals surface area contributed by atoms with E-state index < -0.39 is 15.8 Å². The topological polar surface area (TPSA) is 3.24 Å². The van der Waals surface area contributed by atoms with Crippen molar-refractivity contribution in [2.45, 2.75) is 0 Å². The van der Waals surface area contributed by atoms with Gasteiger partial charge in [0.25, 0.3) is 0 Å². The van der Waals surface area contributed by atoms with Crippen LogP contribution in [0.15, 0.2) is 0 Å². The number of hydrogen-bond donors (Lipinski definition) is 0. The monoisotopic (exact) mass is 157 g/mol. The fourth-order valence-electron chi connectivity index (χ4n) is 0. The summed E-state index contributed by atoms with van der Waals surface area (Å²) in [6.45, 7) is 0. The fourth-order valence-corrected chi connectivity index (χ4v) is 0. The molecule has 0 saturated carbocycles. The Morgan fingerprint density at radius 2 is 1.50 bits per heavy atom. The molecular weight excluding hydrogens is 151 g/mol. The third kappa shape index (κ3) is 2.61. The van der Waals surface area contributed by atoms with E-state index in [-0.39, 0.29) is 0 Å². The zero-order valence-corrected chi connectivity index (χ0v) is 5.53. The van der Waals surface area contributed by atoms with Crippen molar-refractivity contribution in [1.82, 2.24) is 3.82 Å². The van der Waals surface area contributed by atoms with Gasteiger partial charge >= 0.3 is 40.7 Å². The van der Waals surface area contributed by atoms with Gasteiger partial charge in [-0.15, -0.1) is 0 Å². The van der Waals surface area contributed by atoms with Crippen LogP contribution in [0.5, 0.6) is 0 Å². The second kappa shape index (κ2) is 2.53. The van der Waals surface area contributed by atoms with Gasteiger partial charge < -0.3 is 0 Å². The van der Waals surface area contributed by atoms with E-state index in [4.69, 9.17) is 0 Å². The van der Waals surface area contributed by atoms with Crippen LogP contribution in [0.1, 0.15) is 0 Å². The summed E-state index contributed by atoms with van der Waals surface area (Å²) < 4.78 is 23.4. The molecule has 0 aromatic rings. The van der Waals surface area contributed by atoms with Gasteiger partial charge in [0.1, 0.15) is 0 Å². The van der Waals surface area contributed by atoms with E-state index in [1.807, 2.05) is 0 Å². The van der Waals surface area contributed by atoms with Crippen molar-refractivity contribution < 1.29 is 6.93 Å². The van der Waals surface area contributed by atoms with E-state index in [0.29, 0.717) is 0 Å². The normalized spacial score (nSPS) is 11.0. The van der Waals surface area contributed by atoms with Gasteiger partial charge in [-0.05, 0) is 0 Å². The Kier molecular flexibility index (Phi) is 2.69. The summed E-state index contributed by atoms with van der Waals surface area (Å²) in [5, 5.41) is 0. The molecule has 0 amide bonds. The van der Waals surface area contributed by atoms with Crippen LogP contribution in [0.2, 0.25) is 0 Å². The predicted octanol–water partition coefficient (Wildman–Crippen LogP) is 0.472. The molecule has 0 aliphatic carbocycles. The summed E-state index contributed by atoms with van der Waals surface area (Å²) in [5.41, 5.74) is 0. The molecule has 0 aromatic carbocycles. The Morgan fingerprint density at radius 3 is 1.50 bits per heavy atom. The van der Waals surface area contributed by atoms with E-state index >= 15 is 0 Å². The molecule has 0 heterocycles. The Balaban J connectivity index is 2.99. The van der Waals surface area contributed by atoms with Crippen LogP contribution in [0, 0.1) is 0 Å². The Hall–Kier alpha value is 0.378. The first-order valence-corrected chi connectivity index (χ1v) is 3.69. The average molecular weight is 157 g/mol. The van der Waals surface area contributed by atoms with Gasteiger partial charge in [-0.3, -0.25) is 0 Å². The zero-order valence-electron chi connectivity index (χ0n) is 3.65. The van der Waals surface area contributed by atoms with Crippen LogP contribution in [-0.4, -0.2) is 33.7 Å². The minimum atomic E-state index is -3.47. The first-order valence-electron chi connectivity index (χ1n) is 1.43. The molecule has 1 nitrogen and oxygen atoms in total. The van der Waals surface area contributed by atoms with Crippen molar-refractivity contribution in [3.05, 3.63) is 0 Å². The summed E-state index contributed by atoms with van der Waals surface area (Å²) in [5.74, 6) is 0. The molecular formula is C2H6AsF2N. The molecule has 38 valence electrons. The SMILES string of the molecule is CN(C)[As](F)F. The summed E-state index contributed by atoms with van der Waals surface area (Å²) in [4.78, 5) is 0.